The van der Waals surface area contributed by atoms with Crippen molar-refractivity contribution in [2.24, 2.45) is 0 Å². The third-order valence-corrected chi connectivity index (χ3v) is 3.67. The predicted octanol–water partition coefficient (Wildman–Crippen LogP) is 3.18. The van der Waals surface area contributed by atoms with E-state index in [2.05, 4.69) is 15.3 Å². The molecule has 1 aromatic carbocycles. The zero-order valence-corrected chi connectivity index (χ0v) is 12.7. The minimum absolute atomic E-state index is 0.118. The van der Waals surface area contributed by atoms with Gasteiger partial charge in [-0.25, -0.2) is 4.98 Å². The average Bonchev–Trinajstić information content (AvgIpc) is 3.12. The van der Waals surface area contributed by atoms with Crippen LogP contribution in [0.4, 0.5) is 11.6 Å². The van der Waals surface area contributed by atoms with Crippen molar-refractivity contribution in [2.75, 3.05) is 5.32 Å². The number of rotatable bonds is 4. The lowest BCUT2D eigenvalue weighted by atomic mass is 10.3. The van der Waals surface area contributed by atoms with Gasteiger partial charge in [-0.1, -0.05) is 18.2 Å². The number of benzene rings is 1. The Kier molecular flexibility index (Phi) is 3.55. The topological polar surface area (TPSA) is 73.0 Å². The lowest BCUT2D eigenvalue weighted by Gasteiger charge is -2.10. The smallest absolute Gasteiger partial charge is 0.252 e. The van der Waals surface area contributed by atoms with E-state index in [-0.39, 0.29) is 5.56 Å². The molecule has 0 aliphatic carbocycles. The lowest BCUT2D eigenvalue weighted by Crippen LogP contribution is -2.21. The number of nitrogens with one attached hydrogen (secondary N) is 1. The largest absolute Gasteiger partial charge is 0.472 e. The highest BCUT2D eigenvalue weighted by Crippen LogP contribution is 2.16. The summed E-state index contributed by atoms with van der Waals surface area (Å²) in [5.41, 5.74) is 2.25. The number of para-hydroxylation sites is 1. The van der Waals surface area contributed by atoms with Crippen molar-refractivity contribution in [3.63, 3.8) is 0 Å². The van der Waals surface area contributed by atoms with Gasteiger partial charge in [-0.3, -0.25) is 9.36 Å². The third-order valence-electron chi connectivity index (χ3n) is 3.67. The van der Waals surface area contributed by atoms with E-state index in [0.29, 0.717) is 18.1 Å². The van der Waals surface area contributed by atoms with Crippen molar-refractivity contribution in [3.8, 4) is 0 Å². The fourth-order valence-electron chi connectivity index (χ4n) is 2.50. The summed E-state index contributed by atoms with van der Waals surface area (Å²) < 4.78 is 6.69. The molecule has 6 nitrogen and oxygen atoms in total. The molecule has 24 heavy (non-hydrogen) atoms. The second-order valence-electron chi connectivity index (χ2n) is 5.35. The maximum Gasteiger partial charge on any atom is 0.252 e. The molecule has 0 amide bonds. The van der Waals surface area contributed by atoms with Gasteiger partial charge in [0, 0.05) is 28.9 Å². The number of furan rings is 1. The second-order valence-corrected chi connectivity index (χ2v) is 5.35. The molecule has 3 aromatic heterocycles. The van der Waals surface area contributed by atoms with Crippen LogP contribution in [-0.2, 0) is 6.54 Å². The Morgan fingerprint density at radius 2 is 1.96 bits per heavy atom. The molecule has 0 fully saturated rings. The fraction of sp³-hybridized carbons (Fsp3) is 0.0556. The zero-order valence-electron chi connectivity index (χ0n) is 12.7. The lowest BCUT2D eigenvalue weighted by molar-refractivity contribution is 0.562. The number of aromatic nitrogens is 3. The molecule has 0 unspecified atom stereocenters. The molecule has 0 bridgehead atoms. The summed E-state index contributed by atoms with van der Waals surface area (Å²) in [6.45, 7) is 0.397. The Labute approximate surface area is 137 Å². The fourth-order valence-corrected chi connectivity index (χ4v) is 2.50. The number of fused-ring (bicyclic) bond motifs is 1. The molecule has 1 N–H and O–H groups in total. The first-order valence-corrected chi connectivity index (χ1v) is 7.49. The van der Waals surface area contributed by atoms with Crippen molar-refractivity contribution in [3.05, 3.63) is 83.2 Å². The Morgan fingerprint density at radius 1 is 1.08 bits per heavy atom. The summed E-state index contributed by atoms with van der Waals surface area (Å²) >= 11 is 0. The molecule has 0 aliphatic heterocycles. The van der Waals surface area contributed by atoms with E-state index in [0.717, 1.165) is 16.6 Å². The maximum absolute atomic E-state index is 12.3. The van der Waals surface area contributed by atoms with Gasteiger partial charge < -0.3 is 9.73 Å². The Morgan fingerprint density at radius 3 is 2.75 bits per heavy atom. The van der Waals surface area contributed by atoms with Gasteiger partial charge in [-0.2, -0.15) is 4.98 Å². The van der Waals surface area contributed by atoms with E-state index in [4.69, 9.17) is 4.42 Å². The first kappa shape index (κ1) is 14.2. The van der Waals surface area contributed by atoms with Crippen molar-refractivity contribution in [2.45, 2.75) is 6.54 Å². The van der Waals surface area contributed by atoms with Crippen LogP contribution in [0.3, 0.4) is 0 Å². The third kappa shape index (κ3) is 2.77. The monoisotopic (exact) mass is 318 g/mol. The number of hydrogen-bond donors (Lipinski definition) is 1. The van der Waals surface area contributed by atoms with Crippen molar-refractivity contribution in [1.82, 2.24) is 14.5 Å². The standard InChI is InChI=1S/C18H14N4O2/c23-16-7-6-14-10-19-18(20-15-4-2-1-3-5-15)21-17(14)22(16)11-13-8-9-24-12-13/h1-10,12H,11H2,(H,19,20,21). The van der Waals surface area contributed by atoms with E-state index < -0.39 is 0 Å². The van der Waals surface area contributed by atoms with E-state index in [1.807, 2.05) is 36.4 Å². The zero-order chi connectivity index (χ0) is 16.4. The van der Waals surface area contributed by atoms with Crippen LogP contribution in [0.1, 0.15) is 5.56 Å². The highest BCUT2D eigenvalue weighted by Gasteiger charge is 2.08. The summed E-state index contributed by atoms with van der Waals surface area (Å²) in [5.74, 6) is 0.445. The molecule has 0 aliphatic rings. The average molecular weight is 318 g/mol. The van der Waals surface area contributed by atoms with Crippen LogP contribution < -0.4 is 10.9 Å². The van der Waals surface area contributed by atoms with Gasteiger partial charge in [0.15, 0.2) is 0 Å². The molecule has 4 aromatic rings. The summed E-state index contributed by atoms with van der Waals surface area (Å²) in [5, 5.41) is 3.95. The number of pyridine rings is 1. The molecule has 0 saturated heterocycles. The minimum atomic E-state index is -0.118. The first-order chi connectivity index (χ1) is 11.8. The number of anilines is 2. The molecular formula is C18H14N4O2. The highest BCUT2D eigenvalue weighted by atomic mass is 16.3. The number of hydrogen-bond acceptors (Lipinski definition) is 5. The van der Waals surface area contributed by atoms with Crippen molar-refractivity contribution >= 4 is 22.7 Å². The van der Waals surface area contributed by atoms with Gasteiger partial charge in [0.25, 0.3) is 5.56 Å². The molecule has 0 atom stereocenters. The van der Waals surface area contributed by atoms with Gasteiger partial charge in [0.05, 0.1) is 19.1 Å². The van der Waals surface area contributed by atoms with Crippen LogP contribution in [0.5, 0.6) is 0 Å². The van der Waals surface area contributed by atoms with Gasteiger partial charge >= 0.3 is 0 Å². The molecule has 3 heterocycles. The highest BCUT2D eigenvalue weighted by molar-refractivity contribution is 5.75. The van der Waals surface area contributed by atoms with Crippen LogP contribution in [-0.4, -0.2) is 14.5 Å². The van der Waals surface area contributed by atoms with Gasteiger partial charge in [-0.05, 0) is 24.3 Å². The van der Waals surface area contributed by atoms with Crippen LogP contribution in [0, 0.1) is 0 Å². The normalized spacial score (nSPS) is 10.8. The SMILES string of the molecule is O=c1ccc2cnc(Nc3ccccc3)nc2n1Cc1ccoc1. The Balaban J connectivity index is 1.78. The Bertz CT molecular complexity index is 1020. The first-order valence-electron chi connectivity index (χ1n) is 7.49. The van der Waals surface area contributed by atoms with E-state index in [9.17, 15) is 4.79 Å². The number of nitrogens with zero attached hydrogens (tertiary/aromatic N) is 3. The van der Waals surface area contributed by atoms with Crippen LogP contribution in [0.15, 0.2) is 76.5 Å². The van der Waals surface area contributed by atoms with Crippen molar-refractivity contribution in [1.29, 1.82) is 0 Å². The van der Waals surface area contributed by atoms with E-state index >= 15 is 0 Å². The molecule has 4 rings (SSSR count). The summed E-state index contributed by atoms with van der Waals surface area (Å²) in [6, 6.07) is 14.7. The summed E-state index contributed by atoms with van der Waals surface area (Å²) in [7, 11) is 0. The molecule has 6 heteroatoms. The quantitative estimate of drug-likeness (QED) is 0.625. The second kappa shape index (κ2) is 6.00. The van der Waals surface area contributed by atoms with Crippen molar-refractivity contribution < 1.29 is 4.42 Å². The molecular weight excluding hydrogens is 304 g/mol. The Hall–Kier alpha value is -3.41. The molecule has 0 saturated carbocycles. The molecule has 0 spiro atoms. The minimum Gasteiger partial charge on any atom is -0.472 e. The molecule has 118 valence electrons. The van der Waals surface area contributed by atoms with Gasteiger partial charge in [-0.15, -0.1) is 0 Å². The van der Waals surface area contributed by atoms with Gasteiger partial charge in [0.2, 0.25) is 5.95 Å². The van der Waals surface area contributed by atoms with Crippen LogP contribution in [0.25, 0.3) is 11.0 Å². The summed E-state index contributed by atoms with van der Waals surface area (Å²) in [4.78, 5) is 21.1. The summed E-state index contributed by atoms with van der Waals surface area (Å²) in [6.07, 6.45) is 4.91. The van der Waals surface area contributed by atoms with Gasteiger partial charge in [0.1, 0.15) is 5.65 Å². The van der Waals surface area contributed by atoms with Crippen LogP contribution >= 0.6 is 0 Å². The van der Waals surface area contributed by atoms with E-state index in [1.54, 1.807) is 29.4 Å². The van der Waals surface area contributed by atoms with Crippen LogP contribution in [0.2, 0.25) is 0 Å². The molecule has 0 radical (unpaired) electrons. The maximum atomic E-state index is 12.3. The predicted molar refractivity (Wildman–Crippen MR) is 91.3 cm³/mol. The van der Waals surface area contributed by atoms with E-state index in [1.165, 1.54) is 6.07 Å².